The zero-order valence-corrected chi connectivity index (χ0v) is 17.3. The molecule has 26 heavy (non-hydrogen) atoms. The summed E-state index contributed by atoms with van der Waals surface area (Å²) in [6, 6.07) is 9.77. The van der Waals surface area contributed by atoms with Crippen LogP contribution in [0.1, 0.15) is 43.1 Å². The highest BCUT2D eigenvalue weighted by molar-refractivity contribution is 6.74. The summed E-state index contributed by atoms with van der Waals surface area (Å²) in [5, 5.41) is 0.218. The fourth-order valence-electron chi connectivity index (χ4n) is 2.27. The summed E-state index contributed by atoms with van der Waals surface area (Å²) in [7, 11) is -1.70. The van der Waals surface area contributed by atoms with Gasteiger partial charge >= 0.3 is 0 Å². The minimum Gasteiger partial charge on any atom is -0.416 e. The molecule has 1 heterocycles. The maximum Gasteiger partial charge on any atom is 0.192 e. The van der Waals surface area contributed by atoms with Crippen molar-refractivity contribution in [1.82, 2.24) is 4.98 Å². The molecule has 0 amide bonds. The zero-order valence-electron chi connectivity index (χ0n) is 16.3. The standard InChI is InChI=1S/C22H27NO2Si/c1-22(2,3)26(4,5)25-14-7-6-9-18-10-8-11-19(15-18)21-12-13-23-16-20(21)17-24/h8,10-13,15-17H,7,14H2,1-5H3. The van der Waals surface area contributed by atoms with E-state index < -0.39 is 8.32 Å². The fourth-order valence-corrected chi connectivity index (χ4v) is 3.31. The zero-order chi connectivity index (χ0) is 19.2. The van der Waals surface area contributed by atoms with Gasteiger partial charge in [-0.15, -0.1) is 0 Å². The number of rotatable bonds is 5. The Morgan fingerprint density at radius 3 is 2.69 bits per heavy atom. The van der Waals surface area contributed by atoms with Gasteiger partial charge in [0, 0.05) is 36.5 Å². The second-order valence-corrected chi connectivity index (χ2v) is 12.6. The number of aldehydes is 1. The molecule has 0 radical (unpaired) electrons. The molecule has 0 N–H and O–H groups in total. The average molecular weight is 366 g/mol. The van der Waals surface area contributed by atoms with Crippen LogP contribution < -0.4 is 0 Å². The minimum atomic E-state index is -1.70. The van der Waals surface area contributed by atoms with E-state index in [9.17, 15) is 4.79 Å². The van der Waals surface area contributed by atoms with E-state index in [0.29, 0.717) is 18.6 Å². The van der Waals surface area contributed by atoms with Crippen LogP contribution in [0.15, 0.2) is 42.7 Å². The van der Waals surface area contributed by atoms with Crippen molar-refractivity contribution in [3.8, 4) is 23.0 Å². The van der Waals surface area contributed by atoms with Crippen LogP contribution in [0.3, 0.4) is 0 Å². The molecule has 0 fully saturated rings. The number of hydrogen-bond donors (Lipinski definition) is 0. The number of benzene rings is 1. The van der Waals surface area contributed by atoms with Crippen LogP contribution in [0.5, 0.6) is 0 Å². The Hall–Kier alpha value is -2.22. The van der Waals surface area contributed by atoms with Crippen molar-refractivity contribution >= 4 is 14.6 Å². The Labute approximate surface area is 158 Å². The van der Waals surface area contributed by atoms with Crippen molar-refractivity contribution in [2.24, 2.45) is 0 Å². The summed E-state index contributed by atoms with van der Waals surface area (Å²) in [5.74, 6) is 6.40. The van der Waals surface area contributed by atoms with E-state index in [2.05, 4.69) is 50.7 Å². The van der Waals surface area contributed by atoms with Crippen LogP contribution in [-0.2, 0) is 4.43 Å². The molecule has 0 aliphatic rings. The first-order valence-corrected chi connectivity index (χ1v) is 11.8. The van der Waals surface area contributed by atoms with Gasteiger partial charge in [0.25, 0.3) is 0 Å². The summed E-state index contributed by atoms with van der Waals surface area (Å²) in [5.41, 5.74) is 3.36. The summed E-state index contributed by atoms with van der Waals surface area (Å²) in [4.78, 5) is 15.2. The van der Waals surface area contributed by atoms with Crippen LogP contribution in [0.2, 0.25) is 18.1 Å². The highest BCUT2D eigenvalue weighted by Crippen LogP contribution is 2.36. The molecule has 4 heteroatoms. The topological polar surface area (TPSA) is 39.2 Å². The van der Waals surface area contributed by atoms with Gasteiger partial charge in [0.05, 0.1) is 0 Å². The average Bonchev–Trinajstić information content (AvgIpc) is 2.60. The second kappa shape index (κ2) is 8.44. The molecule has 1 aromatic heterocycles. The van der Waals surface area contributed by atoms with Gasteiger partial charge in [0.1, 0.15) is 0 Å². The number of aromatic nitrogens is 1. The lowest BCUT2D eigenvalue weighted by Crippen LogP contribution is -2.40. The van der Waals surface area contributed by atoms with Gasteiger partial charge in [-0.05, 0) is 47.5 Å². The van der Waals surface area contributed by atoms with Crippen molar-refractivity contribution in [2.75, 3.05) is 6.61 Å². The van der Waals surface area contributed by atoms with E-state index in [1.54, 1.807) is 12.4 Å². The van der Waals surface area contributed by atoms with Crippen molar-refractivity contribution in [2.45, 2.75) is 45.3 Å². The molecule has 0 saturated carbocycles. The number of pyridine rings is 1. The van der Waals surface area contributed by atoms with E-state index in [0.717, 1.165) is 23.0 Å². The molecule has 0 unspecified atom stereocenters. The smallest absolute Gasteiger partial charge is 0.192 e. The number of carbonyl (C=O) groups is 1. The van der Waals surface area contributed by atoms with E-state index in [1.807, 2.05) is 30.3 Å². The van der Waals surface area contributed by atoms with E-state index in [4.69, 9.17) is 4.43 Å². The van der Waals surface area contributed by atoms with Crippen LogP contribution in [0.4, 0.5) is 0 Å². The predicted octanol–water partition coefficient (Wildman–Crippen LogP) is 5.32. The van der Waals surface area contributed by atoms with Gasteiger partial charge in [-0.3, -0.25) is 9.78 Å². The minimum absolute atomic E-state index is 0.218. The lowest BCUT2D eigenvalue weighted by molar-refractivity contribution is 0.112. The van der Waals surface area contributed by atoms with Gasteiger partial charge in [0.2, 0.25) is 0 Å². The monoisotopic (exact) mass is 365 g/mol. The first-order chi connectivity index (χ1) is 12.2. The third-order valence-electron chi connectivity index (χ3n) is 4.88. The summed E-state index contributed by atoms with van der Waals surface area (Å²) in [6.45, 7) is 11.9. The second-order valence-electron chi connectivity index (χ2n) is 7.82. The molecule has 0 aliphatic carbocycles. The highest BCUT2D eigenvalue weighted by atomic mass is 28.4. The van der Waals surface area contributed by atoms with E-state index >= 15 is 0 Å². The lowest BCUT2D eigenvalue weighted by Gasteiger charge is -2.35. The molecule has 0 bridgehead atoms. The third kappa shape index (κ3) is 5.14. The van der Waals surface area contributed by atoms with Crippen molar-refractivity contribution in [3.63, 3.8) is 0 Å². The lowest BCUT2D eigenvalue weighted by atomic mass is 10.0. The first kappa shape index (κ1) is 20.1. The molecule has 2 aromatic rings. The van der Waals surface area contributed by atoms with Crippen molar-refractivity contribution in [3.05, 3.63) is 53.9 Å². The maximum absolute atomic E-state index is 11.2. The maximum atomic E-state index is 11.2. The van der Waals surface area contributed by atoms with Crippen LogP contribution in [-0.4, -0.2) is 26.2 Å². The van der Waals surface area contributed by atoms with Gasteiger partial charge in [-0.2, -0.15) is 0 Å². The van der Waals surface area contributed by atoms with Gasteiger partial charge in [-0.1, -0.05) is 44.7 Å². The summed E-state index contributed by atoms with van der Waals surface area (Å²) in [6.07, 6.45) is 4.82. The van der Waals surface area contributed by atoms with Gasteiger partial charge < -0.3 is 4.43 Å². The van der Waals surface area contributed by atoms with Crippen LogP contribution in [0.25, 0.3) is 11.1 Å². The molecule has 0 atom stereocenters. The van der Waals surface area contributed by atoms with Crippen LogP contribution in [0, 0.1) is 11.8 Å². The largest absolute Gasteiger partial charge is 0.416 e. The Morgan fingerprint density at radius 1 is 1.23 bits per heavy atom. The van der Waals surface area contributed by atoms with E-state index in [-0.39, 0.29) is 5.04 Å². The number of hydrogen-bond acceptors (Lipinski definition) is 3. The van der Waals surface area contributed by atoms with Crippen molar-refractivity contribution in [1.29, 1.82) is 0 Å². The fraction of sp³-hybridized carbons (Fsp3) is 0.364. The normalized spacial score (nSPS) is 11.6. The predicted molar refractivity (Wildman–Crippen MR) is 110 cm³/mol. The molecule has 0 spiro atoms. The molecular formula is C22H27NO2Si. The molecule has 1 aromatic carbocycles. The first-order valence-electron chi connectivity index (χ1n) is 8.87. The Morgan fingerprint density at radius 2 is 2.00 bits per heavy atom. The number of nitrogens with zero attached hydrogens (tertiary/aromatic N) is 1. The molecular weight excluding hydrogens is 338 g/mol. The SMILES string of the molecule is CC(C)(C)[Si](C)(C)OCCC#Cc1cccc(-c2ccncc2C=O)c1. The molecule has 0 saturated heterocycles. The summed E-state index contributed by atoms with van der Waals surface area (Å²) >= 11 is 0. The Balaban J connectivity index is 2.04. The number of carbonyl (C=O) groups excluding carboxylic acids is 1. The molecule has 3 nitrogen and oxygen atoms in total. The van der Waals surface area contributed by atoms with Crippen molar-refractivity contribution < 1.29 is 9.22 Å². The quantitative estimate of drug-likeness (QED) is 0.311. The molecule has 136 valence electrons. The van der Waals surface area contributed by atoms with E-state index in [1.165, 1.54) is 0 Å². The van der Waals surface area contributed by atoms with Gasteiger partial charge in [-0.25, -0.2) is 0 Å². The Bertz CT molecular complexity index is 826. The molecule has 0 aliphatic heterocycles. The molecule has 2 rings (SSSR count). The Kier molecular flexibility index (Phi) is 6.52. The highest BCUT2D eigenvalue weighted by Gasteiger charge is 2.36. The summed E-state index contributed by atoms with van der Waals surface area (Å²) < 4.78 is 6.15. The third-order valence-corrected chi connectivity index (χ3v) is 9.42. The van der Waals surface area contributed by atoms with Crippen LogP contribution >= 0.6 is 0 Å². The van der Waals surface area contributed by atoms with Gasteiger partial charge in [0.15, 0.2) is 14.6 Å².